The summed E-state index contributed by atoms with van der Waals surface area (Å²) < 4.78 is 41.4. The van der Waals surface area contributed by atoms with Gasteiger partial charge < -0.3 is 9.80 Å². The molecular weight excluding hydrogens is 411 g/mol. The number of fused-ring (bicyclic) bond motifs is 1. The number of halogens is 3. The zero-order chi connectivity index (χ0) is 22.5. The van der Waals surface area contributed by atoms with Gasteiger partial charge in [-0.3, -0.25) is 9.59 Å². The van der Waals surface area contributed by atoms with Crippen molar-refractivity contribution >= 4 is 17.5 Å². The lowest BCUT2D eigenvalue weighted by Gasteiger charge is -2.23. The summed E-state index contributed by atoms with van der Waals surface area (Å²) in [4.78, 5) is 32.8. The number of amides is 2. The first-order valence-corrected chi connectivity index (χ1v) is 10.6. The molecule has 0 spiro atoms. The van der Waals surface area contributed by atoms with Crippen LogP contribution >= 0.6 is 0 Å². The molecule has 2 aliphatic rings. The number of hydrogen-bond donors (Lipinski definition) is 0. The van der Waals surface area contributed by atoms with Gasteiger partial charge in [0.05, 0.1) is 11.6 Å². The second kappa shape index (κ2) is 7.80. The van der Waals surface area contributed by atoms with Gasteiger partial charge in [-0.25, -0.2) is 9.50 Å². The Morgan fingerprint density at radius 1 is 1.26 bits per heavy atom. The summed E-state index contributed by atoms with van der Waals surface area (Å²) in [6.45, 7) is 6.91. The summed E-state index contributed by atoms with van der Waals surface area (Å²) >= 11 is 0. The molecule has 2 aromatic heterocycles. The van der Waals surface area contributed by atoms with Gasteiger partial charge in [0.15, 0.2) is 5.65 Å². The van der Waals surface area contributed by atoms with E-state index >= 15 is 0 Å². The number of likely N-dealkylation sites (tertiary alicyclic amines) is 2. The van der Waals surface area contributed by atoms with Gasteiger partial charge in [-0.05, 0) is 32.8 Å². The van der Waals surface area contributed by atoms with E-state index in [0.29, 0.717) is 43.9 Å². The van der Waals surface area contributed by atoms with Gasteiger partial charge in [-0.2, -0.15) is 18.3 Å². The molecule has 2 fully saturated rings. The van der Waals surface area contributed by atoms with Crippen molar-refractivity contribution in [2.24, 2.45) is 5.92 Å². The maximum absolute atomic E-state index is 13.5. The number of aromatic nitrogens is 3. The average molecular weight is 437 g/mol. The summed E-state index contributed by atoms with van der Waals surface area (Å²) in [5.74, 6) is -0.595. The molecule has 0 unspecified atom stereocenters. The third kappa shape index (κ3) is 3.99. The highest BCUT2D eigenvalue weighted by molar-refractivity contribution is 5.89. The lowest BCUT2D eigenvalue weighted by atomic mass is 10.1. The summed E-state index contributed by atoms with van der Waals surface area (Å²) in [5.41, 5.74) is 0.188. The maximum Gasteiger partial charge on any atom is 0.433 e. The number of hydrogen-bond acceptors (Lipinski definition) is 4. The molecule has 2 atom stereocenters. The molecule has 0 radical (unpaired) electrons. The number of rotatable bonds is 4. The SMILES string of the molecule is CCc1cc(C(F)(F)F)n2nc([C@H]3CCN(C(=O)[C@H]4CC(=O)N(C(C)C)C4)C3)cc2n1. The summed E-state index contributed by atoms with van der Waals surface area (Å²) in [6, 6.07) is 2.68. The Balaban J connectivity index is 1.53. The van der Waals surface area contributed by atoms with E-state index in [1.54, 1.807) is 22.8 Å². The second-order valence-corrected chi connectivity index (χ2v) is 8.63. The van der Waals surface area contributed by atoms with Crippen LogP contribution in [-0.4, -0.2) is 61.9 Å². The van der Waals surface area contributed by atoms with Crippen molar-refractivity contribution in [2.45, 2.75) is 58.2 Å². The van der Waals surface area contributed by atoms with E-state index in [2.05, 4.69) is 10.1 Å². The minimum absolute atomic E-state index is 0.0121. The highest BCUT2D eigenvalue weighted by atomic mass is 19.4. The Hall–Kier alpha value is -2.65. The fraction of sp³-hybridized carbons (Fsp3) is 0.619. The highest BCUT2D eigenvalue weighted by Gasteiger charge is 2.40. The van der Waals surface area contributed by atoms with Gasteiger partial charge in [0.25, 0.3) is 0 Å². The van der Waals surface area contributed by atoms with Crippen LogP contribution < -0.4 is 0 Å². The smallest absolute Gasteiger partial charge is 0.342 e. The standard InChI is InChI=1S/C21H26F3N5O2/c1-4-15-8-17(21(22,23)24)29-18(25-15)9-16(26-29)13-5-6-27(10-13)20(31)14-7-19(30)28(11-14)12(2)3/h8-9,12-14H,4-7,10-11H2,1-3H3/t13-,14-/m0/s1. The normalized spacial score (nSPS) is 22.4. The van der Waals surface area contributed by atoms with Gasteiger partial charge in [-0.15, -0.1) is 0 Å². The van der Waals surface area contributed by atoms with Crippen LogP contribution in [0.5, 0.6) is 0 Å². The number of nitrogens with zero attached hydrogens (tertiary/aromatic N) is 5. The van der Waals surface area contributed by atoms with Crippen LogP contribution in [0.15, 0.2) is 12.1 Å². The molecule has 7 nitrogen and oxygen atoms in total. The zero-order valence-corrected chi connectivity index (χ0v) is 17.8. The quantitative estimate of drug-likeness (QED) is 0.738. The minimum Gasteiger partial charge on any atom is -0.342 e. The molecule has 0 aliphatic carbocycles. The summed E-state index contributed by atoms with van der Waals surface area (Å²) in [6.07, 6.45) is -3.32. The maximum atomic E-state index is 13.5. The largest absolute Gasteiger partial charge is 0.433 e. The number of carbonyl (C=O) groups excluding carboxylic acids is 2. The molecule has 31 heavy (non-hydrogen) atoms. The Labute approximate surface area is 178 Å². The fourth-order valence-corrected chi connectivity index (χ4v) is 4.48. The fourth-order valence-electron chi connectivity index (χ4n) is 4.48. The molecule has 4 rings (SSSR count). The van der Waals surface area contributed by atoms with Crippen molar-refractivity contribution in [3.05, 3.63) is 29.2 Å². The number of carbonyl (C=O) groups is 2. The second-order valence-electron chi connectivity index (χ2n) is 8.63. The van der Waals surface area contributed by atoms with E-state index in [1.165, 1.54) is 0 Å². The first-order chi connectivity index (χ1) is 14.6. The van der Waals surface area contributed by atoms with E-state index in [9.17, 15) is 22.8 Å². The van der Waals surface area contributed by atoms with Crippen LogP contribution in [0.1, 0.15) is 56.6 Å². The number of alkyl halides is 3. The molecule has 0 aromatic carbocycles. The highest BCUT2D eigenvalue weighted by Crippen LogP contribution is 2.33. The van der Waals surface area contributed by atoms with Gasteiger partial charge in [0, 0.05) is 49.8 Å². The van der Waals surface area contributed by atoms with Crippen molar-refractivity contribution in [3.63, 3.8) is 0 Å². The summed E-state index contributed by atoms with van der Waals surface area (Å²) in [7, 11) is 0. The van der Waals surface area contributed by atoms with Crippen LogP contribution in [0.2, 0.25) is 0 Å². The monoisotopic (exact) mass is 437 g/mol. The third-order valence-corrected chi connectivity index (χ3v) is 6.20. The molecule has 2 aromatic rings. The number of aryl methyl sites for hydroxylation is 1. The van der Waals surface area contributed by atoms with Crippen molar-refractivity contribution < 1.29 is 22.8 Å². The van der Waals surface area contributed by atoms with Gasteiger partial charge in [0.1, 0.15) is 5.69 Å². The Morgan fingerprint density at radius 3 is 2.61 bits per heavy atom. The molecule has 0 saturated carbocycles. The van der Waals surface area contributed by atoms with E-state index in [4.69, 9.17) is 0 Å². The molecule has 168 valence electrons. The lowest BCUT2D eigenvalue weighted by Crippen LogP contribution is -2.37. The predicted octanol–water partition coefficient (Wildman–Crippen LogP) is 2.88. The molecule has 2 saturated heterocycles. The first-order valence-electron chi connectivity index (χ1n) is 10.6. The molecule has 4 heterocycles. The van der Waals surface area contributed by atoms with Crippen LogP contribution in [0, 0.1) is 5.92 Å². The molecule has 0 N–H and O–H groups in total. The van der Waals surface area contributed by atoms with Gasteiger partial charge in [-0.1, -0.05) is 6.92 Å². The molecule has 2 aliphatic heterocycles. The van der Waals surface area contributed by atoms with E-state index in [0.717, 1.165) is 10.6 Å². The lowest BCUT2D eigenvalue weighted by molar-refractivity contribution is -0.142. The zero-order valence-electron chi connectivity index (χ0n) is 17.8. The minimum atomic E-state index is -4.54. The van der Waals surface area contributed by atoms with Crippen LogP contribution in [-0.2, 0) is 22.2 Å². The molecule has 10 heteroatoms. The van der Waals surface area contributed by atoms with Crippen molar-refractivity contribution in [2.75, 3.05) is 19.6 Å². The van der Waals surface area contributed by atoms with Crippen molar-refractivity contribution in [1.29, 1.82) is 0 Å². The summed E-state index contributed by atoms with van der Waals surface area (Å²) in [5, 5.41) is 4.21. The van der Waals surface area contributed by atoms with Crippen molar-refractivity contribution in [1.82, 2.24) is 24.4 Å². The van der Waals surface area contributed by atoms with E-state index in [-0.39, 0.29) is 41.8 Å². The average Bonchev–Trinajstić information content (AvgIpc) is 3.42. The van der Waals surface area contributed by atoms with Crippen LogP contribution in [0.25, 0.3) is 5.65 Å². The van der Waals surface area contributed by atoms with Crippen LogP contribution in [0.4, 0.5) is 13.2 Å². The predicted molar refractivity (Wildman–Crippen MR) is 106 cm³/mol. The van der Waals surface area contributed by atoms with Gasteiger partial charge in [0.2, 0.25) is 11.8 Å². The Morgan fingerprint density at radius 2 is 2.00 bits per heavy atom. The Kier molecular flexibility index (Phi) is 5.43. The van der Waals surface area contributed by atoms with Crippen LogP contribution in [0.3, 0.4) is 0 Å². The third-order valence-electron chi connectivity index (χ3n) is 6.20. The van der Waals surface area contributed by atoms with E-state index < -0.39 is 11.9 Å². The first kappa shape index (κ1) is 21.6. The Bertz CT molecular complexity index is 1020. The molecule has 0 bridgehead atoms. The van der Waals surface area contributed by atoms with Crippen molar-refractivity contribution in [3.8, 4) is 0 Å². The molecule has 2 amide bonds. The van der Waals surface area contributed by atoms with Gasteiger partial charge >= 0.3 is 6.18 Å². The van der Waals surface area contributed by atoms with E-state index in [1.807, 2.05) is 13.8 Å². The molecular formula is C21H26F3N5O2. The topological polar surface area (TPSA) is 70.8 Å².